The molecule has 29 heavy (non-hydrogen) atoms. The number of phenols is 1. The number of amides is 2. The molecule has 8 heteroatoms. The number of hydrazone groups is 1. The number of aromatic hydroxyl groups is 1. The molecule has 0 spiro atoms. The van der Waals surface area contributed by atoms with E-state index in [1.807, 2.05) is 13.8 Å². The van der Waals surface area contributed by atoms with E-state index in [1.54, 1.807) is 36.4 Å². The molecule has 0 heterocycles. The molecule has 2 aromatic rings. The van der Waals surface area contributed by atoms with Crippen LogP contribution in [-0.4, -0.2) is 36.3 Å². The van der Waals surface area contributed by atoms with Crippen LogP contribution in [0.1, 0.15) is 36.2 Å². The van der Waals surface area contributed by atoms with Crippen LogP contribution in [0.4, 0.5) is 0 Å². The minimum Gasteiger partial charge on any atom is -0.504 e. The van der Waals surface area contributed by atoms with E-state index in [-0.39, 0.29) is 17.6 Å². The average molecular weight is 418 g/mol. The quantitative estimate of drug-likeness (QED) is 0.453. The van der Waals surface area contributed by atoms with Gasteiger partial charge in [0.25, 0.3) is 11.8 Å². The third-order valence-electron chi connectivity index (χ3n) is 4.03. The molecule has 0 aliphatic rings. The van der Waals surface area contributed by atoms with Crippen LogP contribution in [0, 0.1) is 5.92 Å². The highest BCUT2D eigenvalue weighted by Crippen LogP contribution is 2.25. The van der Waals surface area contributed by atoms with Crippen molar-refractivity contribution in [2.24, 2.45) is 11.0 Å². The molecule has 2 rings (SSSR count). The van der Waals surface area contributed by atoms with Crippen molar-refractivity contribution in [1.29, 1.82) is 0 Å². The summed E-state index contributed by atoms with van der Waals surface area (Å²) in [5.74, 6) is -0.303. The summed E-state index contributed by atoms with van der Waals surface area (Å²) >= 11 is 5.84. The van der Waals surface area contributed by atoms with E-state index in [1.165, 1.54) is 19.4 Å². The van der Waals surface area contributed by atoms with Crippen LogP contribution in [0.15, 0.2) is 47.6 Å². The maximum atomic E-state index is 12.5. The lowest BCUT2D eigenvalue weighted by atomic mass is 10.0. The summed E-state index contributed by atoms with van der Waals surface area (Å²) in [4.78, 5) is 25.0. The smallest absolute Gasteiger partial charge is 0.262 e. The van der Waals surface area contributed by atoms with Gasteiger partial charge in [0.05, 0.1) is 13.3 Å². The van der Waals surface area contributed by atoms with Crippen molar-refractivity contribution in [3.05, 3.63) is 58.6 Å². The Bertz CT molecular complexity index is 882. The Balaban J connectivity index is 2.04. The van der Waals surface area contributed by atoms with Gasteiger partial charge in [-0.25, -0.2) is 5.43 Å². The summed E-state index contributed by atoms with van der Waals surface area (Å²) in [6, 6.07) is 10.4. The Morgan fingerprint density at radius 3 is 2.52 bits per heavy atom. The second-order valence-electron chi connectivity index (χ2n) is 6.83. The number of ether oxygens (including phenoxy) is 1. The Morgan fingerprint density at radius 2 is 1.90 bits per heavy atom. The van der Waals surface area contributed by atoms with E-state index in [9.17, 15) is 14.7 Å². The molecule has 7 nitrogen and oxygen atoms in total. The Hall–Kier alpha value is -3.06. The maximum absolute atomic E-state index is 12.5. The number of halogens is 1. The first-order valence-electron chi connectivity index (χ1n) is 9.06. The van der Waals surface area contributed by atoms with E-state index >= 15 is 0 Å². The molecule has 0 aliphatic carbocycles. The minimum absolute atomic E-state index is 0.00981. The van der Waals surface area contributed by atoms with Crippen LogP contribution < -0.4 is 15.5 Å². The number of carbonyl (C=O) groups excluding carboxylic acids is 2. The van der Waals surface area contributed by atoms with E-state index in [0.717, 1.165) is 0 Å². The zero-order valence-corrected chi connectivity index (χ0v) is 17.2. The number of hydrogen-bond donors (Lipinski definition) is 3. The fourth-order valence-corrected chi connectivity index (χ4v) is 2.69. The van der Waals surface area contributed by atoms with E-state index < -0.39 is 11.9 Å². The van der Waals surface area contributed by atoms with Gasteiger partial charge in [0.2, 0.25) is 0 Å². The zero-order valence-electron chi connectivity index (χ0n) is 16.5. The number of nitrogens with one attached hydrogen (secondary N) is 2. The van der Waals surface area contributed by atoms with Crippen molar-refractivity contribution in [1.82, 2.24) is 10.7 Å². The van der Waals surface area contributed by atoms with Crippen LogP contribution in [-0.2, 0) is 4.79 Å². The highest BCUT2D eigenvalue weighted by molar-refractivity contribution is 6.30. The highest BCUT2D eigenvalue weighted by Gasteiger charge is 2.22. The second kappa shape index (κ2) is 10.5. The van der Waals surface area contributed by atoms with Crippen molar-refractivity contribution >= 4 is 29.6 Å². The molecule has 0 radical (unpaired) electrons. The number of benzene rings is 2. The van der Waals surface area contributed by atoms with Gasteiger partial charge in [-0.15, -0.1) is 0 Å². The molecule has 0 aliphatic heterocycles. The first kappa shape index (κ1) is 22.2. The Kier molecular flexibility index (Phi) is 8.03. The van der Waals surface area contributed by atoms with Crippen LogP contribution in [0.25, 0.3) is 0 Å². The van der Waals surface area contributed by atoms with Crippen molar-refractivity contribution in [2.75, 3.05) is 7.11 Å². The van der Waals surface area contributed by atoms with Crippen molar-refractivity contribution in [3.63, 3.8) is 0 Å². The largest absolute Gasteiger partial charge is 0.504 e. The molecule has 0 aromatic heterocycles. The van der Waals surface area contributed by atoms with Crippen molar-refractivity contribution in [2.45, 2.75) is 26.3 Å². The maximum Gasteiger partial charge on any atom is 0.262 e. The highest BCUT2D eigenvalue weighted by atomic mass is 35.5. The summed E-state index contributed by atoms with van der Waals surface area (Å²) in [5, 5.41) is 16.8. The number of phenolic OH excluding ortho intramolecular Hbond substituents is 1. The molecule has 2 aromatic carbocycles. The van der Waals surface area contributed by atoms with Gasteiger partial charge in [-0.2, -0.15) is 5.10 Å². The van der Waals surface area contributed by atoms with Crippen LogP contribution >= 0.6 is 11.6 Å². The predicted molar refractivity (Wildman–Crippen MR) is 113 cm³/mol. The molecule has 0 fully saturated rings. The molecule has 3 N–H and O–H groups in total. The topological polar surface area (TPSA) is 100 Å². The van der Waals surface area contributed by atoms with Gasteiger partial charge in [0.1, 0.15) is 6.04 Å². The van der Waals surface area contributed by atoms with Crippen LogP contribution in [0.5, 0.6) is 11.5 Å². The minimum atomic E-state index is -0.746. The summed E-state index contributed by atoms with van der Waals surface area (Å²) in [6.45, 7) is 3.92. The first-order chi connectivity index (χ1) is 13.8. The summed E-state index contributed by atoms with van der Waals surface area (Å²) in [6.07, 6.45) is 1.88. The van der Waals surface area contributed by atoms with Gasteiger partial charge in [-0.05, 0) is 60.4 Å². The standard InChI is InChI=1S/C21H24ClN3O4/c1-13(2)10-17(24-20(27)15-5-7-16(22)8-6-15)21(28)25-23-12-14-4-9-18(26)19(11-14)29-3/h4-9,11-13,17,26H,10H2,1-3H3,(H,24,27)(H,25,28). The summed E-state index contributed by atoms with van der Waals surface area (Å²) in [5.41, 5.74) is 3.49. The SMILES string of the molecule is COc1cc(C=NNC(=O)C(CC(C)C)NC(=O)c2ccc(Cl)cc2)ccc1O. The van der Waals surface area contributed by atoms with E-state index in [2.05, 4.69) is 15.8 Å². The predicted octanol–water partition coefficient (Wildman–Crippen LogP) is 3.35. The van der Waals surface area contributed by atoms with Gasteiger partial charge >= 0.3 is 0 Å². The summed E-state index contributed by atoms with van der Waals surface area (Å²) in [7, 11) is 1.44. The van der Waals surface area contributed by atoms with Crippen LogP contribution in [0.2, 0.25) is 5.02 Å². The van der Waals surface area contributed by atoms with Crippen LogP contribution in [0.3, 0.4) is 0 Å². The number of methoxy groups -OCH3 is 1. The lowest BCUT2D eigenvalue weighted by Gasteiger charge is -2.19. The molecule has 0 saturated carbocycles. The fourth-order valence-electron chi connectivity index (χ4n) is 2.57. The number of hydrogen-bond acceptors (Lipinski definition) is 5. The number of carbonyl (C=O) groups is 2. The molecule has 1 unspecified atom stereocenters. The molecular weight excluding hydrogens is 394 g/mol. The second-order valence-corrected chi connectivity index (χ2v) is 7.26. The molecule has 0 saturated heterocycles. The van der Waals surface area contributed by atoms with Crippen molar-refractivity contribution < 1.29 is 19.4 Å². The zero-order chi connectivity index (χ0) is 21.4. The molecule has 2 amide bonds. The normalized spacial score (nSPS) is 12.0. The fraction of sp³-hybridized carbons (Fsp3) is 0.286. The lowest BCUT2D eigenvalue weighted by molar-refractivity contribution is -0.123. The first-order valence-corrected chi connectivity index (χ1v) is 9.44. The molecule has 0 bridgehead atoms. The summed E-state index contributed by atoms with van der Waals surface area (Å²) < 4.78 is 5.03. The lowest BCUT2D eigenvalue weighted by Crippen LogP contribution is -2.46. The van der Waals surface area contributed by atoms with Gasteiger partial charge in [-0.3, -0.25) is 9.59 Å². The van der Waals surface area contributed by atoms with Gasteiger partial charge in [0.15, 0.2) is 11.5 Å². The molecule has 1 atom stereocenters. The van der Waals surface area contributed by atoms with E-state index in [4.69, 9.17) is 16.3 Å². The molecular formula is C21H24ClN3O4. The Morgan fingerprint density at radius 1 is 1.21 bits per heavy atom. The number of rotatable bonds is 8. The molecule has 154 valence electrons. The van der Waals surface area contributed by atoms with Crippen molar-refractivity contribution in [3.8, 4) is 11.5 Å². The average Bonchev–Trinajstić information content (AvgIpc) is 2.68. The van der Waals surface area contributed by atoms with Gasteiger partial charge < -0.3 is 15.2 Å². The monoisotopic (exact) mass is 417 g/mol. The Labute approximate surface area is 174 Å². The van der Waals surface area contributed by atoms with E-state index in [0.29, 0.717) is 28.3 Å². The van der Waals surface area contributed by atoms with Gasteiger partial charge in [-0.1, -0.05) is 25.4 Å². The number of nitrogens with zero attached hydrogens (tertiary/aromatic N) is 1. The third kappa shape index (κ3) is 6.80. The van der Waals surface area contributed by atoms with Gasteiger partial charge in [0, 0.05) is 10.6 Å². The third-order valence-corrected chi connectivity index (χ3v) is 4.28.